The molecule has 0 radical (unpaired) electrons. The molecular weight excluding hydrogens is 255 g/mol. The van der Waals surface area contributed by atoms with Crippen LogP contribution in [0.25, 0.3) is 0 Å². The third-order valence-corrected chi connectivity index (χ3v) is 4.49. The molecule has 3 nitrogen and oxygen atoms in total. The molecule has 0 amide bonds. The Balaban J connectivity index is 2.27. The zero-order valence-electron chi connectivity index (χ0n) is 12.7. The maximum absolute atomic E-state index is 6.07. The van der Waals surface area contributed by atoms with Gasteiger partial charge in [-0.25, -0.2) is 0 Å². The van der Waals surface area contributed by atoms with Crippen molar-refractivity contribution in [1.82, 2.24) is 0 Å². The molecular formula is C14H23BO3Si. The molecule has 1 fully saturated rings. The summed E-state index contributed by atoms with van der Waals surface area (Å²) >= 11 is 0. The number of aryl methyl sites for hydroxylation is 1. The first-order valence-electron chi connectivity index (χ1n) is 6.71. The zero-order valence-corrected chi connectivity index (χ0v) is 14.7. The lowest BCUT2D eigenvalue weighted by molar-refractivity contribution is 0.00578. The molecule has 1 saturated heterocycles. The van der Waals surface area contributed by atoms with E-state index < -0.39 is 0 Å². The van der Waals surface area contributed by atoms with E-state index >= 15 is 0 Å². The summed E-state index contributed by atoms with van der Waals surface area (Å²) in [6.45, 7) is 11.1. The van der Waals surface area contributed by atoms with Crippen LogP contribution in [0, 0.1) is 6.92 Å². The summed E-state index contributed by atoms with van der Waals surface area (Å²) in [5.74, 6) is 0. The van der Waals surface area contributed by atoms with Gasteiger partial charge in [-0.15, -0.1) is 0 Å². The average molecular weight is 278 g/mol. The monoisotopic (exact) mass is 278 g/mol. The summed E-state index contributed by atoms with van der Waals surface area (Å²) in [6.07, 6.45) is 0. The van der Waals surface area contributed by atoms with Crippen LogP contribution in [0.4, 0.5) is 0 Å². The van der Waals surface area contributed by atoms with Crippen molar-refractivity contribution in [3.63, 3.8) is 0 Å². The van der Waals surface area contributed by atoms with Crippen molar-refractivity contribution in [2.24, 2.45) is 0 Å². The number of rotatable bonds is 3. The maximum atomic E-state index is 6.07. The van der Waals surface area contributed by atoms with Crippen molar-refractivity contribution in [3.05, 3.63) is 29.3 Å². The third kappa shape index (κ3) is 2.79. The van der Waals surface area contributed by atoms with E-state index in [1.54, 1.807) is 0 Å². The summed E-state index contributed by atoms with van der Waals surface area (Å²) in [5, 5.41) is 0. The SMILES string of the molecule is Cc1ccc(B2OC(C)(C)C(C)(C)O2)cc1CO[SiH3]. The quantitative estimate of drug-likeness (QED) is 0.775. The Morgan fingerprint density at radius 2 is 1.74 bits per heavy atom. The maximum Gasteiger partial charge on any atom is 0.494 e. The van der Waals surface area contributed by atoms with Crippen LogP contribution in [0.5, 0.6) is 0 Å². The van der Waals surface area contributed by atoms with E-state index in [2.05, 4.69) is 52.8 Å². The Bertz CT molecular complexity index is 458. The fourth-order valence-electron chi connectivity index (χ4n) is 2.13. The Morgan fingerprint density at radius 1 is 1.16 bits per heavy atom. The van der Waals surface area contributed by atoms with Gasteiger partial charge in [-0.1, -0.05) is 18.2 Å². The Labute approximate surface area is 119 Å². The lowest BCUT2D eigenvalue weighted by Gasteiger charge is -2.32. The highest BCUT2D eigenvalue weighted by Crippen LogP contribution is 2.36. The van der Waals surface area contributed by atoms with E-state index in [9.17, 15) is 0 Å². The van der Waals surface area contributed by atoms with Crippen molar-refractivity contribution in [2.75, 3.05) is 0 Å². The van der Waals surface area contributed by atoms with Crippen LogP contribution in [0.2, 0.25) is 0 Å². The first kappa shape index (κ1) is 14.8. The molecule has 1 aromatic carbocycles. The second-order valence-corrected chi connectivity index (χ2v) is 6.78. The van der Waals surface area contributed by atoms with E-state index in [1.807, 2.05) is 0 Å². The predicted octanol–water partition coefficient (Wildman–Crippen LogP) is 1.09. The van der Waals surface area contributed by atoms with Crippen molar-refractivity contribution >= 4 is 23.1 Å². The van der Waals surface area contributed by atoms with Crippen LogP contribution in [0.15, 0.2) is 18.2 Å². The molecule has 1 aliphatic rings. The topological polar surface area (TPSA) is 27.7 Å². The van der Waals surface area contributed by atoms with Crippen LogP contribution in [-0.2, 0) is 20.3 Å². The standard InChI is InChI=1S/C14H23BO3Si/c1-10-6-7-12(8-11(10)9-16-19)15-17-13(2,3)14(4,5)18-15/h6-8H,9H2,1-5,19H3. The normalized spacial score (nSPS) is 21.0. The van der Waals surface area contributed by atoms with Gasteiger partial charge in [0.2, 0.25) is 0 Å². The van der Waals surface area contributed by atoms with E-state index in [0.717, 1.165) is 15.9 Å². The number of hydrogen-bond acceptors (Lipinski definition) is 3. The minimum absolute atomic E-state index is 0.293. The zero-order chi connectivity index (χ0) is 14.3. The predicted molar refractivity (Wildman–Crippen MR) is 81.6 cm³/mol. The fraction of sp³-hybridized carbons (Fsp3) is 0.571. The van der Waals surface area contributed by atoms with Gasteiger partial charge in [0.25, 0.3) is 0 Å². The van der Waals surface area contributed by atoms with Crippen molar-refractivity contribution in [3.8, 4) is 0 Å². The summed E-state index contributed by atoms with van der Waals surface area (Å²) < 4.78 is 17.5. The van der Waals surface area contributed by atoms with Crippen LogP contribution < -0.4 is 5.46 Å². The lowest BCUT2D eigenvalue weighted by Crippen LogP contribution is -2.41. The highest BCUT2D eigenvalue weighted by Gasteiger charge is 2.51. The third-order valence-electron chi connectivity index (χ3n) is 4.20. The molecule has 0 N–H and O–H groups in total. The molecule has 5 heteroatoms. The van der Waals surface area contributed by atoms with Gasteiger partial charge in [0.05, 0.1) is 17.8 Å². The number of benzene rings is 1. The van der Waals surface area contributed by atoms with Crippen LogP contribution in [0.1, 0.15) is 38.8 Å². The Kier molecular flexibility index (Phi) is 3.93. The van der Waals surface area contributed by atoms with Crippen molar-refractivity contribution < 1.29 is 13.7 Å². The number of hydrogen-bond donors (Lipinski definition) is 0. The summed E-state index contributed by atoms with van der Waals surface area (Å²) in [6, 6.07) is 6.32. The molecule has 1 aromatic rings. The summed E-state index contributed by atoms with van der Waals surface area (Å²) in [4.78, 5) is 0. The molecule has 2 rings (SSSR count). The van der Waals surface area contributed by atoms with Crippen LogP contribution in [-0.4, -0.2) is 28.8 Å². The van der Waals surface area contributed by atoms with E-state index in [0.29, 0.717) is 6.61 Å². The van der Waals surface area contributed by atoms with Gasteiger partial charge >= 0.3 is 7.12 Å². The smallest absolute Gasteiger partial charge is 0.424 e. The van der Waals surface area contributed by atoms with Gasteiger partial charge in [-0.2, -0.15) is 0 Å². The van der Waals surface area contributed by atoms with Gasteiger partial charge < -0.3 is 13.7 Å². The fourth-order valence-corrected chi connectivity index (χ4v) is 2.44. The van der Waals surface area contributed by atoms with Gasteiger partial charge in [-0.3, -0.25) is 0 Å². The molecule has 104 valence electrons. The second-order valence-electron chi connectivity index (χ2n) is 6.21. The highest BCUT2D eigenvalue weighted by molar-refractivity contribution is 6.62. The van der Waals surface area contributed by atoms with Gasteiger partial charge in [0.1, 0.15) is 10.5 Å². The van der Waals surface area contributed by atoms with E-state index in [-0.39, 0.29) is 18.3 Å². The van der Waals surface area contributed by atoms with E-state index in [1.165, 1.54) is 11.1 Å². The lowest BCUT2D eigenvalue weighted by atomic mass is 9.78. The molecule has 0 bridgehead atoms. The molecule has 0 saturated carbocycles. The van der Waals surface area contributed by atoms with Crippen molar-refractivity contribution in [1.29, 1.82) is 0 Å². The average Bonchev–Trinajstić information content (AvgIpc) is 2.51. The van der Waals surface area contributed by atoms with Gasteiger partial charge in [0.15, 0.2) is 0 Å². The van der Waals surface area contributed by atoms with E-state index in [4.69, 9.17) is 13.7 Å². The minimum Gasteiger partial charge on any atom is -0.424 e. The second kappa shape index (κ2) is 5.05. The molecule has 1 aliphatic heterocycles. The molecule has 0 aliphatic carbocycles. The molecule has 1 heterocycles. The first-order valence-corrected chi connectivity index (χ1v) is 7.52. The Morgan fingerprint density at radius 3 is 2.26 bits per heavy atom. The molecule has 19 heavy (non-hydrogen) atoms. The Hall–Kier alpha value is -0.618. The summed E-state index contributed by atoms with van der Waals surface area (Å²) in [5.41, 5.74) is 2.93. The van der Waals surface area contributed by atoms with Crippen LogP contribution in [0.3, 0.4) is 0 Å². The van der Waals surface area contributed by atoms with Crippen LogP contribution >= 0.6 is 0 Å². The first-order chi connectivity index (χ1) is 8.77. The molecule has 0 aromatic heterocycles. The largest absolute Gasteiger partial charge is 0.494 e. The molecule has 0 unspecified atom stereocenters. The highest BCUT2D eigenvalue weighted by atomic mass is 28.2. The molecule has 0 spiro atoms. The summed E-state index contributed by atoms with van der Waals surface area (Å²) in [7, 11) is 0.459. The van der Waals surface area contributed by atoms with Gasteiger partial charge in [-0.05, 0) is 51.2 Å². The van der Waals surface area contributed by atoms with Crippen molar-refractivity contribution in [2.45, 2.75) is 52.4 Å². The minimum atomic E-state index is -0.295. The molecule has 0 atom stereocenters. The van der Waals surface area contributed by atoms with Gasteiger partial charge in [0, 0.05) is 0 Å².